The number of amides is 1. The van der Waals surface area contributed by atoms with Crippen LogP contribution in [0.1, 0.15) is 19.3 Å². The molecule has 0 aliphatic carbocycles. The van der Waals surface area contributed by atoms with Gasteiger partial charge in [0.1, 0.15) is 9.84 Å². The van der Waals surface area contributed by atoms with Crippen LogP contribution in [0.2, 0.25) is 0 Å². The maximum atomic E-state index is 13.1. The van der Waals surface area contributed by atoms with Gasteiger partial charge in [0.25, 0.3) is 0 Å². The smallest absolute Gasteiger partial charge is 0.352 e. The van der Waals surface area contributed by atoms with E-state index in [0.29, 0.717) is 0 Å². The Balaban J connectivity index is 2.04. The highest BCUT2D eigenvalue weighted by atomic mass is 32.2. The summed E-state index contributed by atoms with van der Waals surface area (Å²) in [5.74, 6) is -1.22. The molecule has 0 spiro atoms. The quantitative estimate of drug-likeness (QED) is 0.765. The molecule has 2 saturated heterocycles. The summed E-state index contributed by atoms with van der Waals surface area (Å²) in [6.45, 7) is -0.278. The van der Waals surface area contributed by atoms with Crippen LogP contribution >= 0.6 is 0 Å². The number of rotatable bonds is 2. The Kier molecular flexibility index (Phi) is 4.03. The summed E-state index contributed by atoms with van der Waals surface area (Å²) in [5.41, 5.74) is -2.39. The number of carbonyl (C=O) groups is 1. The number of halogens is 3. The third-order valence-corrected chi connectivity index (χ3v) is 5.74. The molecular weight excluding hydrogens is 297 g/mol. The molecule has 2 aliphatic heterocycles. The van der Waals surface area contributed by atoms with Gasteiger partial charge in [-0.25, -0.2) is 8.42 Å². The van der Waals surface area contributed by atoms with Gasteiger partial charge in [0.15, 0.2) is 5.41 Å². The van der Waals surface area contributed by atoms with Crippen molar-refractivity contribution in [1.82, 2.24) is 10.6 Å². The maximum Gasteiger partial charge on any atom is 0.404 e. The van der Waals surface area contributed by atoms with Crippen LogP contribution in [0.3, 0.4) is 0 Å². The minimum absolute atomic E-state index is 0.0881. The highest BCUT2D eigenvalue weighted by Gasteiger charge is 2.61. The van der Waals surface area contributed by atoms with Crippen LogP contribution < -0.4 is 10.6 Å². The zero-order valence-corrected chi connectivity index (χ0v) is 11.6. The fourth-order valence-electron chi connectivity index (χ4n) is 2.61. The largest absolute Gasteiger partial charge is 0.404 e. The van der Waals surface area contributed by atoms with Gasteiger partial charge in [0, 0.05) is 12.6 Å². The number of hydrogen-bond acceptors (Lipinski definition) is 4. The average molecular weight is 314 g/mol. The Hall–Kier alpha value is -0.830. The lowest BCUT2D eigenvalue weighted by atomic mass is 9.84. The first-order valence-corrected chi connectivity index (χ1v) is 8.27. The highest BCUT2D eigenvalue weighted by molar-refractivity contribution is 7.91. The van der Waals surface area contributed by atoms with E-state index in [2.05, 4.69) is 10.6 Å². The Morgan fingerprint density at radius 2 is 1.85 bits per heavy atom. The monoisotopic (exact) mass is 314 g/mol. The molecule has 0 bridgehead atoms. The molecule has 1 amide bonds. The summed E-state index contributed by atoms with van der Waals surface area (Å²) in [6, 6.07) is -0.495. The molecule has 1 atom stereocenters. The van der Waals surface area contributed by atoms with Gasteiger partial charge in [0.05, 0.1) is 11.5 Å². The van der Waals surface area contributed by atoms with Crippen LogP contribution in [0.15, 0.2) is 0 Å². The summed E-state index contributed by atoms with van der Waals surface area (Å²) >= 11 is 0. The second-order valence-corrected chi connectivity index (χ2v) is 7.71. The first-order valence-electron chi connectivity index (χ1n) is 6.45. The van der Waals surface area contributed by atoms with E-state index in [4.69, 9.17) is 0 Å². The van der Waals surface area contributed by atoms with Crippen molar-refractivity contribution < 1.29 is 26.4 Å². The van der Waals surface area contributed by atoms with Gasteiger partial charge >= 0.3 is 6.18 Å². The molecule has 20 heavy (non-hydrogen) atoms. The molecule has 5 nitrogen and oxygen atoms in total. The first-order chi connectivity index (χ1) is 9.16. The summed E-state index contributed by atoms with van der Waals surface area (Å²) < 4.78 is 62.0. The highest BCUT2D eigenvalue weighted by Crippen LogP contribution is 2.43. The summed E-state index contributed by atoms with van der Waals surface area (Å²) in [7, 11) is -3.10. The van der Waals surface area contributed by atoms with Crippen LogP contribution in [0, 0.1) is 5.41 Å². The van der Waals surface area contributed by atoms with Crippen LogP contribution in [-0.4, -0.2) is 51.1 Å². The van der Waals surface area contributed by atoms with Crippen molar-refractivity contribution in [3.05, 3.63) is 0 Å². The lowest BCUT2D eigenvalue weighted by Gasteiger charge is -2.32. The van der Waals surface area contributed by atoms with Gasteiger partial charge in [-0.2, -0.15) is 13.2 Å². The van der Waals surface area contributed by atoms with E-state index >= 15 is 0 Å². The lowest BCUT2D eigenvalue weighted by molar-refractivity contribution is -0.216. The SMILES string of the molecule is O=C(NC1CCS(=O)(=O)CC1)C1(C(F)(F)F)CCNC1. The van der Waals surface area contributed by atoms with E-state index in [1.165, 1.54) is 0 Å². The van der Waals surface area contributed by atoms with E-state index in [9.17, 15) is 26.4 Å². The Bertz CT molecular complexity index is 470. The Morgan fingerprint density at radius 1 is 1.25 bits per heavy atom. The van der Waals surface area contributed by atoms with E-state index in [1.807, 2.05) is 0 Å². The van der Waals surface area contributed by atoms with Gasteiger partial charge < -0.3 is 10.6 Å². The number of hydrogen-bond donors (Lipinski definition) is 2. The van der Waals surface area contributed by atoms with Crippen LogP contribution in [0.4, 0.5) is 13.2 Å². The number of carbonyl (C=O) groups excluding carboxylic acids is 1. The van der Waals surface area contributed by atoms with Gasteiger partial charge in [-0.1, -0.05) is 0 Å². The molecule has 0 aromatic carbocycles. The molecule has 2 heterocycles. The normalized spacial score (nSPS) is 31.1. The number of sulfone groups is 1. The minimum atomic E-state index is -4.61. The van der Waals surface area contributed by atoms with Crippen LogP contribution in [-0.2, 0) is 14.6 Å². The molecule has 0 aromatic heterocycles. The van der Waals surface area contributed by atoms with Crippen LogP contribution in [0.25, 0.3) is 0 Å². The van der Waals surface area contributed by atoms with Crippen molar-refractivity contribution in [2.24, 2.45) is 5.41 Å². The van der Waals surface area contributed by atoms with Gasteiger partial charge in [-0.15, -0.1) is 0 Å². The van der Waals surface area contributed by atoms with Crippen LogP contribution in [0.5, 0.6) is 0 Å². The maximum absolute atomic E-state index is 13.1. The zero-order chi connectivity index (χ0) is 15.0. The molecule has 1 unspecified atom stereocenters. The van der Waals surface area contributed by atoms with E-state index in [-0.39, 0.29) is 37.3 Å². The van der Waals surface area contributed by atoms with Crippen molar-refractivity contribution in [3.8, 4) is 0 Å². The van der Waals surface area contributed by atoms with Gasteiger partial charge in [-0.05, 0) is 25.8 Å². The number of alkyl halides is 3. The van der Waals surface area contributed by atoms with E-state index < -0.39 is 39.9 Å². The third kappa shape index (κ3) is 2.93. The molecule has 9 heteroatoms. The van der Waals surface area contributed by atoms with Gasteiger partial charge in [-0.3, -0.25) is 4.79 Å². The van der Waals surface area contributed by atoms with E-state index in [0.717, 1.165) is 0 Å². The van der Waals surface area contributed by atoms with Crippen molar-refractivity contribution in [2.75, 3.05) is 24.6 Å². The van der Waals surface area contributed by atoms with Gasteiger partial charge in [0.2, 0.25) is 5.91 Å². The minimum Gasteiger partial charge on any atom is -0.352 e. The summed E-state index contributed by atoms with van der Waals surface area (Å²) in [5, 5.41) is 4.96. The molecular formula is C11H17F3N2O3S. The summed E-state index contributed by atoms with van der Waals surface area (Å²) in [6.07, 6.45) is -4.54. The Morgan fingerprint density at radius 3 is 2.30 bits per heavy atom. The van der Waals surface area contributed by atoms with Crippen molar-refractivity contribution >= 4 is 15.7 Å². The van der Waals surface area contributed by atoms with E-state index in [1.54, 1.807) is 0 Å². The average Bonchev–Trinajstić information content (AvgIpc) is 2.81. The summed E-state index contributed by atoms with van der Waals surface area (Å²) in [4.78, 5) is 12.0. The lowest BCUT2D eigenvalue weighted by Crippen LogP contribution is -2.55. The number of nitrogens with one attached hydrogen (secondary N) is 2. The van der Waals surface area contributed by atoms with Crippen molar-refractivity contribution in [2.45, 2.75) is 31.5 Å². The predicted molar refractivity (Wildman–Crippen MR) is 65.8 cm³/mol. The molecule has 0 saturated carbocycles. The Labute approximate surface area is 115 Å². The van der Waals surface area contributed by atoms with Crippen molar-refractivity contribution in [3.63, 3.8) is 0 Å². The fraction of sp³-hybridized carbons (Fsp3) is 0.909. The fourth-order valence-corrected chi connectivity index (χ4v) is 4.11. The molecule has 2 rings (SSSR count). The second kappa shape index (κ2) is 5.18. The topological polar surface area (TPSA) is 75.3 Å². The predicted octanol–water partition coefficient (Wildman–Crippen LogP) is 0.222. The molecule has 0 aromatic rings. The molecule has 116 valence electrons. The molecule has 2 fully saturated rings. The first kappa shape index (κ1) is 15.6. The molecule has 0 radical (unpaired) electrons. The molecule has 2 N–H and O–H groups in total. The van der Waals surface area contributed by atoms with Crippen molar-refractivity contribution in [1.29, 1.82) is 0 Å². The third-order valence-electron chi connectivity index (χ3n) is 4.02. The zero-order valence-electron chi connectivity index (χ0n) is 10.8. The standard InChI is InChI=1S/C11H17F3N2O3S/c12-11(13,14)10(3-4-15-7-10)9(17)16-8-1-5-20(18,19)6-2-8/h8,15H,1-7H2,(H,16,17). The second-order valence-electron chi connectivity index (χ2n) is 5.41. The molecule has 2 aliphatic rings.